The van der Waals surface area contributed by atoms with Crippen LogP contribution in [-0.2, 0) is 16.0 Å². The maximum Gasteiger partial charge on any atom is 0.336 e. The van der Waals surface area contributed by atoms with Gasteiger partial charge in [-0.3, -0.25) is 4.79 Å². The molecule has 2 N–H and O–H groups in total. The van der Waals surface area contributed by atoms with Crippen molar-refractivity contribution in [2.45, 2.75) is 13.3 Å². The molecule has 0 saturated carbocycles. The first kappa shape index (κ1) is 19.7. The molecule has 2 heterocycles. The van der Waals surface area contributed by atoms with Crippen molar-refractivity contribution >= 4 is 28.5 Å². The highest BCUT2D eigenvalue weighted by molar-refractivity contribution is 6.32. The topological polar surface area (TPSA) is 82.2 Å². The molecule has 146 valence electrons. The zero-order valence-electron chi connectivity index (χ0n) is 15.3. The summed E-state index contributed by atoms with van der Waals surface area (Å²) in [6.07, 6.45) is 0.687. The second-order valence-electron chi connectivity index (χ2n) is 6.47. The lowest BCUT2D eigenvalue weighted by Crippen LogP contribution is -3.14. The molecule has 0 spiro atoms. The first-order valence-corrected chi connectivity index (χ1v) is 9.51. The predicted molar refractivity (Wildman–Crippen MR) is 102 cm³/mol. The van der Waals surface area contributed by atoms with Crippen LogP contribution >= 0.6 is 11.6 Å². The lowest BCUT2D eigenvalue weighted by molar-refractivity contribution is -0.906. The van der Waals surface area contributed by atoms with Gasteiger partial charge in [0.25, 0.3) is 5.91 Å². The van der Waals surface area contributed by atoms with Gasteiger partial charge in [0, 0.05) is 17.5 Å². The van der Waals surface area contributed by atoms with Crippen molar-refractivity contribution in [1.29, 1.82) is 0 Å². The standard InChI is InChI=1S/C19H23ClN2O5/c1-2-13-9-19(24)27-16-11-17(15(20)10-14(13)16)26-12-18(23)21-3-4-22-5-7-25-8-6-22/h9-11H,2-8,12H2,1H3,(H,21,23)/p+1. The lowest BCUT2D eigenvalue weighted by Gasteiger charge is -2.23. The third-order valence-corrected chi connectivity index (χ3v) is 4.92. The number of carbonyl (C=O) groups is 1. The highest BCUT2D eigenvalue weighted by Crippen LogP contribution is 2.31. The van der Waals surface area contributed by atoms with Crippen LogP contribution in [0.2, 0.25) is 5.02 Å². The van der Waals surface area contributed by atoms with E-state index in [0.717, 1.165) is 43.8 Å². The number of amides is 1. The van der Waals surface area contributed by atoms with Gasteiger partial charge < -0.3 is 24.1 Å². The number of rotatable bonds is 7. The molecule has 0 aliphatic carbocycles. The number of benzene rings is 1. The highest BCUT2D eigenvalue weighted by Gasteiger charge is 2.14. The van der Waals surface area contributed by atoms with Gasteiger partial charge in [0.05, 0.1) is 31.3 Å². The maximum absolute atomic E-state index is 12.0. The van der Waals surface area contributed by atoms with Gasteiger partial charge in [0.2, 0.25) is 0 Å². The zero-order valence-corrected chi connectivity index (χ0v) is 16.1. The Hall–Kier alpha value is -2.09. The number of halogens is 1. The molecule has 8 heteroatoms. The number of quaternary nitrogens is 1. The largest absolute Gasteiger partial charge is 0.482 e. The molecular formula is C19H24ClN2O5+. The van der Waals surface area contributed by atoms with E-state index in [0.29, 0.717) is 29.3 Å². The minimum Gasteiger partial charge on any atom is -0.482 e. The quantitative estimate of drug-likeness (QED) is 0.664. The third kappa shape index (κ3) is 5.22. The summed E-state index contributed by atoms with van der Waals surface area (Å²) in [6, 6.07) is 4.72. The Morgan fingerprint density at radius 3 is 2.81 bits per heavy atom. The highest BCUT2D eigenvalue weighted by atomic mass is 35.5. The van der Waals surface area contributed by atoms with Crippen molar-refractivity contribution in [3.05, 3.63) is 39.2 Å². The van der Waals surface area contributed by atoms with Crippen LogP contribution < -0.4 is 20.6 Å². The minimum atomic E-state index is -0.420. The molecule has 1 saturated heterocycles. The summed E-state index contributed by atoms with van der Waals surface area (Å²) in [7, 11) is 0. The lowest BCUT2D eigenvalue weighted by atomic mass is 10.1. The van der Waals surface area contributed by atoms with Gasteiger partial charge in [-0.05, 0) is 18.1 Å². The van der Waals surface area contributed by atoms with Gasteiger partial charge in [-0.1, -0.05) is 18.5 Å². The molecule has 1 aromatic carbocycles. The van der Waals surface area contributed by atoms with Gasteiger partial charge in [0.15, 0.2) is 6.61 Å². The fraction of sp³-hybridized carbons (Fsp3) is 0.474. The third-order valence-electron chi connectivity index (χ3n) is 4.62. The summed E-state index contributed by atoms with van der Waals surface area (Å²) in [5, 5.41) is 3.98. The average molecular weight is 396 g/mol. The molecule has 0 bridgehead atoms. The van der Waals surface area contributed by atoms with Gasteiger partial charge in [0.1, 0.15) is 24.4 Å². The monoisotopic (exact) mass is 395 g/mol. The van der Waals surface area contributed by atoms with Gasteiger partial charge >= 0.3 is 5.63 Å². The number of hydrogen-bond acceptors (Lipinski definition) is 5. The van der Waals surface area contributed by atoms with Crippen molar-refractivity contribution in [3.8, 4) is 5.75 Å². The van der Waals surface area contributed by atoms with Crippen molar-refractivity contribution in [3.63, 3.8) is 0 Å². The Morgan fingerprint density at radius 2 is 2.07 bits per heavy atom. The number of fused-ring (bicyclic) bond motifs is 1. The number of nitrogens with one attached hydrogen (secondary N) is 2. The van der Waals surface area contributed by atoms with E-state index in [1.807, 2.05) is 6.92 Å². The average Bonchev–Trinajstić information content (AvgIpc) is 2.67. The molecular weight excluding hydrogens is 372 g/mol. The molecule has 27 heavy (non-hydrogen) atoms. The summed E-state index contributed by atoms with van der Waals surface area (Å²) in [5.74, 6) is 0.0945. The van der Waals surface area contributed by atoms with E-state index in [1.54, 1.807) is 12.1 Å². The second kappa shape index (κ2) is 9.21. The molecule has 3 rings (SSSR count). The molecule has 1 fully saturated rings. The predicted octanol–water partition coefficient (Wildman–Crippen LogP) is 0.419. The van der Waals surface area contributed by atoms with Crippen molar-refractivity contribution < 1.29 is 23.6 Å². The van der Waals surface area contributed by atoms with E-state index in [4.69, 9.17) is 25.5 Å². The number of morpholine rings is 1. The molecule has 7 nitrogen and oxygen atoms in total. The van der Waals surface area contributed by atoms with Crippen molar-refractivity contribution in [1.82, 2.24) is 5.32 Å². The second-order valence-corrected chi connectivity index (χ2v) is 6.88. The Morgan fingerprint density at radius 1 is 1.30 bits per heavy atom. The van der Waals surface area contributed by atoms with Crippen LogP contribution in [0.1, 0.15) is 12.5 Å². The minimum absolute atomic E-state index is 0.151. The zero-order chi connectivity index (χ0) is 19.2. The molecule has 0 atom stereocenters. The van der Waals surface area contributed by atoms with Gasteiger partial charge in [-0.25, -0.2) is 4.79 Å². The SMILES string of the molecule is CCc1cc(=O)oc2cc(OCC(=O)NCC[NH+]3CCOCC3)c(Cl)cc12. The number of aryl methyl sites for hydroxylation is 1. The molecule has 0 radical (unpaired) electrons. The van der Waals surface area contributed by atoms with E-state index in [-0.39, 0.29) is 12.5 Å². The normalized spacial score (nSPS) is 15.0. The Balaban J connectivity index is 1.57. The summed E-state index contributed by atoms with van der Waals surface area (Å²) in [4.78, 5) is 25.1. The molecule has 1 aliphatic rings. The first-order chi connectivity index (χ1) is 13.1. The number of carbonyl (C=O) groups excluding carboxylic acids is 1. The summed E-state index contributed by atoms with van der Waals surface area (Å²) in [6.45, 7) is 6.70. The summed E-state index contributed by atoms with van der Waals surface area (Å²) in [5.41, 5.74) is 0.837. The Labute approximate surface area is 162 Å². The van der Waals surface area contributed by atoms with Crippen LogP contribution in [0, 0.1) is 0 Å². The van der Waals surface area contributed by atoms with Crippen LogP contribution in [0.25, 0.3) is 11.0 Å². The van der Waals surface area contributed by atoms with E-state index in [2.05, 4.69) is 5.32 Å². The fourth-order valence-electron chi connectivity index (χ4n) is 3.11. The van der Waals surface area contributed by atoms with Crippen molar-refractivity contribution in [2.75, 3.05) is 46.0 Å². The van der Waals surface area contributed by atoms with Crippen LogP contribution in [0.5, 0.6) is 5.75 Å². The maximum atomic E-state index is 12.0. The Bertz CT molecular complexity index is 861. The smallest absolute Gasteiger partial charge is 0.336 e. The molecule has 1 amide bonds. The van der Waals surface area contributed by atoms with Crippen molar-refractivity contribution in [2.24, 2.45) is 0 Å². The molecule has 0 unspecified atom stereocenters. The number of ether oxygens (including phenoxy) is 2. The van der Waals surface area contributed by atoms with Gasteiger partial charge in [-0.2, -0.15) is 0 Å². The van der Waals surface area contributed by atoms with E-state index < -0.39 is 5.63 Å². The number of hydrogen-bond donors (Lipinski definition) is 2. The van der Waals surface area contributed by atoms with E-state index >= 15 is 0 Å². The molecule has 1 aliphatic heterocycles. The first-order valence-electron chi connectivity index (χ1n) is 9.14. The molecule has 2 aromatic rings. The fourth-order valence-corrected chi connectivity index (χ4v) is 3.33. The van der Waals surface area contributed by atoms with Crippen LogP contribution in [0.15, 0.2) is 27.4 Å². The van der Waals surface area contributed by atoms with E-state index in [1.165, 1.54) is 11.0 Å². The van der Waals surface area contributed by atoms with Crippen LogP contribution in [0.3, 0.4) is 0 Å². The van der Waals surface area contributed by atoms with E-state index in [9.17, 15) is 9.59 Å². The van der Waals surface area contributed by atoms with Crippen LogP contribution in [0.4, 0.5) is 0 Å². The Kier molecular flexibility index (Phi) is 6.71. The molecule has 1 aromatic heterocycles. The summed E-state index contributed by atoms with van der Waals surface area (Å²) < 4.78 is 16.1. The van der Waals surface area contributed by atoms with Crippen LogP contribution in [-0.4, -0.2) is 51.9 Å². The van der Waals surface area contributed by atoms with Gasteiger partial charge in [-0.15, -0.1) is 0 Å². The summed E-state index contributed by atoms with van der Waals surface area (Å²) >= 11 is 6.27.